The molecule has 0 radical (unpaired) electrons. The van der Waals surface area contributed by atoms with Gasteiger partial charge in [0.25, 0.3) is 0 Å². The zero-order valence-corrected chi connectivity index (χ0v) is 7.15. The smallest absolute Gasteiger partial charge is 0.114 e. The molecule has 0 amide bonds. The average molecular weight is 175 g/mol. The minimum atomic E-state index is -0.233. The summed E-state index contributed by atoms with van der Waals surface area (Å²) in [6, 6.07) is 0. The van der Waals surface area contributed by atoms with Gasteiger partial charge in [-0.2, -0.15) is 0 Å². The van der Waals surface area contributed by atoms with Crippen LogP contribution in [0.3, 0.4) is 0 Å². The molecule has 0 aliphatic heterocycles. The summed E-state index contributed by atoms with van der Waals surface area (Å²) < 4.78 is 0. The van der Waals surface area contributed by atoms with Gasteiger partial charge in [-0.25, -0.2) is 0 Å². The van der Waals surface area contributed by atoms with Crippen LogP contribution in [-0.2, 0) is 0 Å². The highest BCUT2D eigenvalue weighted by Gasteiger charge is 2.12. The summed E-state index contributed by atoms with van der Waals surface area (Å²) in [4.78, 5) is 0. The Morgan fingerprint density at radius 2 is 1.90 bits per heavy atom. The largest absolute Gasteiger partial charge is 0.116 e. The fraction of sp³-hybridized carbons (Fsp3) is 0.500. The molecule has 1 aliphatic carbocycles. The zero-order chi connectivity index (χ0) is 7.56. The quantitative estimate of drug-likeness (QED) is 0.301. The van der Waals surface area contributed by atoms with Gasteiger partial charge < -0.3 is 0 Å². The van der Waals surface area contributed by atoms with E-state index in [9.17, 15) is 0 Å². The number of hydrogen-bond donors (Lipinski definition) is 0. The predicted molar refractivity (Wildman–Crippen MR) is 45.4 cm³/mol. The lowest BCUT2D eigenvalue weighted by Crippen LogP contribution is -2.08. The average Bonchev–Trinajstić information content (AvgIpc) is 2.04. The van der Waals surface area contributed by atoms with Gasteiger partial charge in [0, 0.05) is 5.92 Å². The van der Waals surface area contributed by atoms with E-state index >= 15 is 0 Å². The van der Waals surface area contributed by atoms with Gasteiger partial charge in [0.05, 0.1) is 5.38 Å². The van der Waals surface area contributed by atoms with Gasteiger partial charge in [0.1, 0.15) is 5.38 Å². The van der Waals surface area contributed by atoms with Crippen LogP contribution in [0.25, 0.3) is 0 Å². The van der Waals surface area contributed by atoms with Crippen molar-refractivity contribution in [2.75, 3.05) is 0 Å². The van der Waals surface area contributed by atoms with Crippen LogP contribution in [0.5, 0.6) is 0 Å². The molecule has 0 saturated heterocycles. The second kappa shape index (κ2) is 3.32. The number of rotatable bonds is 0. The van der Waals surface area contributed by atoms with Crippen LogP contribution in [0.4, 0.5) is 0 Å². The summed E-state index contributed by atoms with van der Waals surface area (Å²) in [7, 11) is 0. The Balaban J connectivity index is 2.76. The normalized spacial score (nSPS) is 38.1. The maximum atomic E-state index is 5.82. The Morgan fingerprint density at radius 1 is 1.20 bits per heavy atom. The molecule has 2 heteroatoms. The van der Waals surface area contributed by atoms with Crippen LogP contribution >= 0.6 is 23.2 Å². The minimum Gasteiger partial charge on any atom is -0.116 e. The standard InChI is InChI=1S/C8H8Cl2/c1-6-2-4-7(9)8(10)5-3-6/h2,4,6-8H,1H3/t6?,7-,8?/m1/s1. The molecular weight excluding hydrogens is 167 g/mol. The first kappa shape index (κ1) is 7.98. The van der Waals surface area contributed by atoms with Crippen LogP contribution < -0.4 is 0 Å². The third-order valence-corrected chi connectivity index (χ3v) is 2.22. The first-order valence-corrected chi connectivity index (χ1v) is 4.05. The number of alkyl halides is 2. The monoisotopic (exact) mass is 174 g/mol. The minimum absolute atomic E-state index is 0.140. The van der Waals surface area contributed by atoms with E-state index in [1.54, 1.807) is 0 Å². The van der Waals surface area contributed by atoms with E-state index in [-0.39, 0.29) is 16.7 Å². The Labute approximate surface area is 71.2 Å². The van der Waals surface area contributed by atoms with Gasteiger partial charge >= 0.3 is 0 Å². The molecule has 2 unspecified atom stereocenters. The first-order valence-electron chi connectivity index (χ1n) is 3.17. The van der Waals surface area contributed by atoms with Gasteiger partial charge in [0.15, 0.2) is 0 Å². The van der Waals surface area contributed by atoms with Gasteiger partial charge in [-0.15, -0.1) is 23.2 Å². The van der Waals surface area contributed by atoms with Crippen molar-refractivity contribution in [3.63, 3.8) is 0 Å². The molecule has 3 atom stereocenters. The maximum absolute atomic E-state index is 5.82. The molecule has 0 bridgehead atoms. The van der Waals surface area contributed by atoms with Crippen molar-refractivity contribution < 1.29 is 0 Å². The van der Waals surface area contributed by atoms with Crippen molar-refractivity contribution in [2.24, 2.45) is 5.92 Å². The summed E-state index contributed by atoms with van der Waals surface area (Å²) >= 11 is 11.6. The summed E-state index contributed by atoms with van der Waals surface area (Å²) in [6.45, 7) is 2.02. The SMILES string of the molecule is CC1C#CC(Cl)[C@H](Cl)C=C1. The lowest BCUT2D eigenvalue weighted by molar-refractivity contribution is 0.977. The van der Waals surface area contributed by atoms with E-state index in [4.69, 9.17) is 23.2 Å². The molecule has 0 N–H and O–H groups in total. The molecule has 0 nitrogen and oxygen atoms in total. The molecular formula is C8H8Cl2. The number of allylic oxidation sites excluding steroid dienone is 2. The molecule has 10 heavy (non-hydrogen) atoms. The molecule has 0 saturated carbocycles. The molecule has 1 aliphatic rings. The van der Waals surface area contributed by atoms with Crippen LogP contribution in [0.2, 0.25) is 0 Å². The predicted octanol–water partition coefficient (Wildman–Crippen LogP) is 2.41. The molecule has 0 heterocycles. The number of halogens is 2. The highest BCUT2D eigenvalue weighted by atomic mass is 35.5. The fourth-order valence-electron chi connectivity index (χ4n) is 0.709. The Morgan fingerprint density at radius 3 is 2.60 bits per heavy atom. The molecule has 54 valence electrons. The molecule has 0 aromatic carbocycles. The van der Waals surface area contributed by atoms with Crippen molar-refractivity contribution in [1.29, 1.82) is 0 Å². The van der Waals surface area contributed by atoms with Gasteiger partial charge in [-0.3, -0.25) is 0 Å². The third-order valence-electron chi connectivity index (χ3n) is 1.31. The van der Waals surface area contributed by atoms with Gasteiger partial charge in [-0.1, -0.05) is 24.0 Å². The highest BCUT2D eigenvalue weighted by Crippen LogP contribution is 2.14. The second-order valence-electron chi connectivity index (χ2n) is 2.31. The van der Waals surface area contributed by atoms with E-state index in [1.807, 2.05) is 19.1 Å². The lowest BCUT2D eigenvalue weighted by Gasteiger charge is -2.01. The Bertz CT molecular complexity index is 197. The topological polar surface area (TPSA) is 0 Å². The first-order chi connectivity index (χ1) is 4.70. The van der Waals surface area contributed by atoms with Crippen LogP contribution in [-0.4, -0.2) is 10.8 Å². The molecule has 0 aromatic heterocycles. The van der Waals surface area contributed by atoms with Gasteiger partial charge in [0.2, 0.25) is 0 Å². The van der Waals surface area contributed by atoms with Gasteiger partial charge in [-0.05, 0) is 6.92 Å². The van der Waals surface area contributed by atoms with E-state index in [1.165, 1.54) is 0 Å². The molecule has 0 fully saturated rings. The molecule has 0 spiro atoms. The Hall–Kier alpha value is -0.120. The van der Waals surface area contributed by atoms with E-state index in [2.05, 4.69) is 11.8 Å². The van der Waals surface area contributed by atoms with Crippen LogP contribution in [0.15, 0.2) is 12.2 Å². The van der Waals surface area contributed by atoms with Crippen LogP contribution in [0.1, 0.15) is 6.92 Å². The van der Waals surface area contributed by atoms with E-state index < -0.39 is 0 Å². The third kappa shape index (κ3) is 1.94. The van der Waals surface area contributed by atoms with Crippen molar-refractivity contribution in [2.45, 2.75) is 17.7 Å². The van der Waals surface area contributed by atoms with Crippen LogP contribution in [0, 0.1) is 17.8 Å². The summed E-state index contributed by atoms with van der Waals surface area (Å²) in [6.07, 6.45) is 3.87. The summed E-state index contributed by atoms with van der Waals surface area (Å²) in [5.41, 5.74) is 0. The Kier molecular flexibility index (Phi) is 2.65. The molecule has 0 aromatic rings. The molecule has 1 rings (SSSR count). The highest BCUT2D eigenvalue weighted by molar-refractivity contribution is 6.32. The lowest BCUT2D eigenvalue weighted by atomic mass is 10.2. The van der Waals surface area contributed by atoms with Crippen molar-refractivity contribution in [1.82, 2.24) is 0 Å². The number of hydrogen-bond acceptors (Lipinski definition) is 0. The van der Waals surface area contributed by atoms with E-state index in [0.717, 1.165) is 0 Å². The van der Waals surface area contributed by atoms with Crippen molar-refractivity contribution >= 4 is 23.2 Å². The summed E-state index contributed by atoms with van der Waals surface area (Å²) in [5.74, 6) is 6.12. The zero-order valence-electron chi connectivity index (χ0n) is 5.64. The maximum Gasteiger partial charge on any atom is 0.114 e. The van der Waals surface area contributed by atoms with E-state index in [0.29, 0.717) is 0 Å². The van der Waals surface area contributed by atoms with Crippen molar-refractivity contribution in [3.8, 4) is 11.8 Å². The summed E-state index contributed by atoms with van der Waals surface area (Å²) in [5, 5.41) is -0.373. The van der Waals surface area contributed by atoms with Crippen molar-refractivity contribution in [3.05, 3.63) is 12.2 Å². The second-order valence-corrected chi connectivity index (χ2v) is 3.28. The fourth-order valence-corrected chi connectivity index (χ4v) is 1.00.